The first kappa shape index (κ1) is 33.9. The molecule has 0 saturated heterocycles. The second-order valence-corrected chi connectivity index (χ2v) is 58.7. The van der Waals surface area contributed by atoms with Gasteiger partial charge in [0, 0.05) is 0 Å². The minimum absolute atomic E-state index is 0.00485. The second-order valence-electron chi connectivity index (χ2n) is 16.2. The fraction of sp³-hybridized carbons (Fsp3) is 0.333. The van der Waals surface area contributed by atoms with Crippen molar-refractivity contribution < 1.29 is 15.6 Å². The molecule has 239 valence electrons. The third kappa shape index (κ3) is 5.26. The van der Waals surface area contributed by atoms with Crippen LogP contribution < -0.4 is 0 Å². The molecule has 0 radical (unpaired) electrons. The zero-order valence-electron chi connectivity index (χ0n) is 29.2. The number of allylic oxidation sites excluding steroid dienone is 2. The molecule has 0 aliphatic heterocycles. The van der Waals surface area contributed by atoms with E-state index in [1.54, 1.807) is 0 Å². The normalized spacial score (nSPS) is 18.9. The summed E-state index contributed by atoms with van der Waals surface area (Å²) in [5.41, 5.74) is 15.9. The van der Waals surface area contributed by atoms with Crippen LogP contribution in [0.2, 0.25) is 13.1 Å². The van der Waals surface area contributed by atoms with Gasteiger partial charge in [-0.15, -0.1) is 0 Å². The average Bonchev–Trinajstić information content (AvgIpc) is 3.52. The molecule has 46 heavy (non-hydrogen) atoms. The third-order valence-electron chi connectivity index (χ3n) is 10.8. The number of halogens is 2. The molecule has 0 spiro atoms. The SMILES string of the molecule is CC1=Cc2c(ccc(C(C)(C)C)c2-c2ccccc2)[CH]1[Zr]([Cl])([Cl])([CH]1C(C)=Cc2c1ccc(C(C)(C)C)c2-c1ccccc1)[SiH](C)C. The quantitative estimate of drug-likeness (QED) is 0.179. The van der Waals surface area contributed by atoms with Crippen molar-refractivity contribution in [3.05, 3.63) is 129 Å². The van der Waals surface area contributed by atoms with E-state index in [4.69, 9.17) is 17.0 Å². The van der Waals surface area contributed by atoms with E-state index in [1.807, 2.05) is 0 Å². The van der Waals surface area contributed by atoms with Crippen LogP contribution in [0.4, 0.5) is 0 Å². The van der Waals surface area contributed by atoms with Crippen LogP contribution in [0.15, 0.2) is 96.1 Å². The molecule has 0 saturated carbocycles. The van der Waals surface area contributed by atoms with Crippen molar-refractivity contribution in [2.45, 2.75) is 86.6 Å². The maximum absolute atomic E-state index is 8.60. The van der Waals surface area contributed by atoms with Crippen LogP contribution in [0.1, 0.15) is 96.0 Å². The maximum atomic E-state index is 8.60. The molecular formula is C42H49Cl2SiZr. The predicted molar refractivity (Wildman–Crippen MR) is 205 cm³/mol. The number of fused-ring (bicyclic) bond motifs is 2. The molecule has 4 aromatic carbocycles. The molecule has 0 N–H and O–H groups in total. The van der Waals surface area contributed by atoms with Crippen LogP contribution in [0.5, 0.6) is 0 Å². The average molecular weight is 744 g/mol. The van der Waals surface area contributed by atoms with Gasteiger partial charge in [-0.3, -0.25) is 0 Å². The van der Waals surface area contributed by atoms with Crippen molar-refractivity contribution in [2.24, 2.45) is 0 Å². The summed E-state index contributed by atoms with van der Waals surface area (Å²) in [6, 6.07) is 31.4. The first-order chi connectivity index (χ1) is 21.5. The van der Waals surface area contributed by atoms with E-state index in [0.29, 0.717) is 0 Å². The van der Waals surface area contributed by atoms with Crippen molar-refractivity contribution in [1.29, 1.82) is 0 Å². The number of rotatable bonds is 5. The molecule has 0 bridgehead atoms. The van der Waals surface area contributed by atoms with E-state index >= 15 is 0 Å². The first-order valence-electron chi connectivity index (χ1n) is 16.9. The van der Waals surface area contributed by atoms with Gasteiger partial charge in [-0.05, 0) is 0 Å². The van der Waals surface area contributed by atoms with Gasteiger partial charge in [0.2, 0.25) is 0 Å². The summed E-state index contributed by atoms with van der Waals surface area (Å²) in [6.07, 6.45) is 4.89. The van der Waals surface area contributed by atoms with E-state index in [-0.39, 0.29) is 18.1 Å². The molecular weight excluding hydrogens is 695 g/mol. The van der Waals surface area contributed by atoms with Gasteiger partial charge in [-0.2, -0.15) is 0 Å². The molecule has 4 heteroatoms. The van der Waals surface area contributed by atoms with Gasteiger partial charge in [0.1, 0.15) is 0 Å². The minimum atomic E-state index is -4.81. The van der Waals surface area contributed by atoms with Crippen LogP contribution in [0, 0.1) is 0 Å². The Bertz CT molecular complexity index is 1750. The molecule has 0 nitrogen and oxygen atoms in total. The Morgan fingerprint density at radius 3 is 1.20 bits per heavy atom. The van der Waals surface area contributed by atoms with E-state index in [2.05, 4.69) is 166 Å². The van der Waals surface area contributed by atoms with E-state index in [0.717, 1.165) is 0 Å². The fourth-order valence-corrected chi connectivity index (χ4v) is 41.5. The second kappa shape index (κ2) is 11.6. The van der Waals surface area contributed by atoms with Crippen molar-refractivity contribution >= 4 is 35.1 Å². The van der Waals surface area contributed by atoms with Gasteiger partial charge < -0.3 is 0 Å². The van der Waals surface area contributed by atoms with Crippen molar-refractivity contribution in [3.63, 3.8) is 0 Å². The van der Waals surface area contributed by atoms with Crippen LogP contribution in [0.25, 0.3) is 34.4 Å². The van der Waals surface area contributed by atoms with Crippen LogP contribution >= 0.6 is 17.0 Å². The van der Waals surface area contributed by atoms with Gasteiger partial charge in [0.25, 0.3) is 0 Å². The Morgan fingerprint density at radius 1 is 0.543 bits per heavy atom. The summed E-state index contributed by atoms with van der Waals surface area (Å²) in [5, 5.41) is 0. The van der Waals surface area contributed by atoms with Gasteiger partial charge in [-0.1, -0.05) is 0 Å². The van der Waals surface area contributed by atoms with Gasteiger partial charge in [0.05, 0.1) is 0 Å². The van der Waals surface area contributed by atoms with Gasteiger partial charge >= 0.3 is 289 Å². The third-order valence-corrected chi connectivity index (χ3v) is 63.0. The Kier molecular flexibility index (Phi) is 8.54. The number of benzene rings is 4. The molecule has 4 aromatic rings. The van der Waals surface area contributed by atoms with Gasteiger partial charge in [0.15, 0.2) is 0 Å². The summed E-state index contributed by atoms with van der Waals surface area (Å²) in [7, 11) is 17.2. The summed E-state index contributed by atoms with van der Waals surface area (Å²) >= 11 is -4.81. The van der Waals surface area contributed by atoms with Crippen molar-refractivity contribution in [2.75, 3.05) is 0 Å². The monoisotopic (exact) mass is 741 g/mol. The van der Waals surface area contributed by atoms with E-state index in [9.17, 15) is 0 Å². The predicted octanol–water partition coefficient (Wildman–Crippen LogP) is 13.2. The van der Waals surface area contributed by atoms with E-state index in [1.165, 1.54) is 66.8 Å². The Hall–Kier alpha value is -1.96. The summed E-state index contributed by atoms with van der Waals surface area (Å²) < 4.78 is 0.148. The van der Waals surface area contributed by atoms with Crippen LogP contribution in [-0.4, -0.2) is 5.92 Å². The van der Waals surface area contributed by atoms with Crippen molar-refractivity contribution in [3.8, 4) is 22.3 Å². The topological polar surface area (TPSA) is 0 Å². The van der Waals surface area contributed by atoms with Crippen molar-refractivity contribution in [1.82, 2.24) is 0 Å². The number of hydrogen-bond donors (Lipinski definition) is 0. The molecule has 2 aliphatic carbocycles. The summed E-state index contributed by atoms with van der Waals surface area (Å²) in [6.45, 7) is 23.4. The van der Waals surface area contributed by atoms with Crippen LogP contribution in [0.3, 0.4) is 0 Å². The Morgan fingerprint density at radius 2 is 0.891 bits per heavy atom. The molecule has 6 rings (SSSR count). The zero-order chi connectivity index (χ0) is 33.4. The fourth-order valence-electron chi connectivity index (χ4n) is 8.58. The number of hydrogen-bond acceptors (Lipinski definition) is 0. The molecule has 0 amide bonds. The zero-order valence-corrected chi connectivity index (χ0v) is 34.4. The molecule has 0 aromatic heterocycles. The van der Waals surface area contributed by atoms with Gasteiger partial charge in [-0.25, -0.2) is 0 Å². The molecule has 0 heterocycles. The van der Waals surface area contributed by atoms with E-state index < -0.39 is 21.5 Å². The molecule has 2 unspecified atom stereocenters. The molecule has 2 aliphatic rings. The Labute approximate surface area is 286 Å². The summed E-state index contributed by atoms with van der Waals surface area (Å²) in [5.74, 6) is -1.63. The molecule has 0 fully saturated rings. The summed E-state index contributed by atoms with van der Waals surface area (Å²) in [4.78, 5) is 0. The first-order valence-corrected chi connectivity index (χ1v) is 33.2. The van der Waals surface area contributed by atoms with Crippen LogP contribution in [-0.2, 0) is 26.4 Å². The standard InChI is InChI=1S/2C20H21.C2H7Si.2ClH.Zr/c2*1-14-12-16-10-11-18(20(2,3)4)19(17(16)13-14)15-8-6-5-7-9-15;1-3-2;;;/h2*5-13H,1-4H3;3H,1-2H3;2*1H;/q;;;;;+2/p-2. The Balaban J connectivity index is 1.62. The molecule has 2 atom stereocenters.